The molecule has 2 N–H and O–H groups in total. The summed E-state index contributed by atoms with van der Waals surface area (Å²) < 4.78 is 11.3. The largest absolute Gasteiger partial charge is 0.496 e. The Morgan fingerprint density at radius 2 is 2.00 bits per heavy atom. The third kappa shape index (κ3) is 5.36. The number of para-hydroxylation sites is 1. The average molecular weight is 430 g/mol. The Hall–Kier alpha value is -1.83. The molecule has 126 valence electrons. The van der Waals surface area contributed by atoms with E-state index in [9.17, 15) is 4.79 Å². The van der Waals surface area contributed by atoms with E-state index < -0.39 is 0 Å². The van der Waals surface area contributed by atoms with Crippen molar-refractivity contribution in [2.75, 3.05) is 19.0 Å². The number of carbonyl (C=O) groups is 1. The van der Waals surface area contributed by atoms with Crippen LogP contribution < -0.4 is 20.1 Å². The van der Waals surface area contributed by atoms with Crippen LogP contribution in [0.15, 0.2) is 46.9 Å². The number of anilines is 1. The number of ether oxygens (including phenoxy) is 2. The molecule has 0 unspecified atom stereocenters. The highest BCUT2D eigenvalue weighted by molar-refractivity contribution is 9.10. The van der Waals surface area contributed by atoms with Crippen LogP contribution in [0.25, 0.3) is 0 Å². The summed E-state index contributed by atoms with van der Waals surface area (Å²) in [5.74, 6) is 0.746. The van der Waals surface area contributed by atoms with Crippen molar-refractivity contribution >= 4 is 56.5 Å². The predicted octanol–water partition coefficient (Wildman–Crippen LogP) is 4.00. The van der Waals surface area contributed by atoms with Gasteiger partial charge >= 0.3 is 0 Å². The van der Waals surface area contributed by atoms with E-state index in [0.29, 0.717) is 22.2 Å². The number of benzene rings is 2. The number of rotatable bonds is 5. The average Bonchev–Trinajstić information content (AvgIpc) is 2.54. The van der Waals surface area contributed by atoms with E-state index in [2.05, 4.69) is 26.6 Å². The molecule has 0 aliphatic heterocycles. The van der Waals surface area contributed by atoms with Gasteiger partial charge in [0.25, 0.3) is 5.91 Å². The molecule has 2 aromatic carbocycles. The van der Waals surface area contributed by atoms with Gasteiger partial charge in [0, 0.05) is 5.69 Å². The first-order valence-corrected chi connectivity index (χ1v) is 8.39. The normalized spacial score (nSPS) is 9.96. The van der Waals surface area contributed by atoms with E-state index in [4.69, 9.17) is 33.3 Å². The van der Waals surface area contributed by atoms with Gasteiger partial charge in [-0.1, -0.05) is 23.7 Å². The highest BCUT2D eigenvalue weighted by atomic mass is 79.9. The third-order valence-electron chi connectivity index (χ3n) is 2.86. The second kappa shape index (κ2) is 8.86. The highest BCUT2D eigenvalue weighted by Gasteiger charge is 2.08. The van der Waals surface area contributed by atoms with E-state index in [1.807, 2.05) is 0 Å². The molecule has 0 fully saturated rings. The number of halogens is 2. The van der Waals surface area contributed by atoms with Crippen molar-refractivity contribution in [3.05, 3.63) is 52.0 Å². The van der Waals surface area contributed by atoms with Crippen molar-refractivity contribution in [1.29, 1.82) is 0 Å². The van der Waals surface area contributed by atoms with Gasteiger partial charge in [-0.3, -0.25) is 10.1 Å². The molecular formula is C16H14BrClN2O3S. The molecule has 0 aliphatic rings. The fraction of sp³-hybridized carbons (Fsp3) is 0.125. The molecule has 0 aromatic heterocycles. The van der Waals surface area contributed by atoms with E-state index in [1.165, 1.54) is 0 Å². The Kier molecular flexibility index (Phi) is 6.84. The van der Waals surface area contributed by atoms with Gasteiger partial charge in [0.2, 0.25) is 0 Å². The zero-order valence-electron chi connectivity index (χ0n) is 12.6. The van der Waals surface area contributed by atoms with Crippen molar-refractivity contribution in [2.24, 2.45) is 0 Å². The van der Waals surface area contributed by atoms with E-state index in [-0.39, 0.29) is 17.6 Å². The van der Waals surface area contributed by atoms with Gasteiger partial charge < -0.3 is 14.8 Å². The molecule has 8 heteroatoms. The Morgan fingerprint density at radius 3 is 2.67 bits per heavy atom. The first-order valence-electron chi connectivity index (χ1n) is 6.81. The molecule has 0 saturated heterocycles. The molecular weight excluding hydrogens is 416 g/mol. The van der Waals surface area contributed by atoms with Crippen LogP contribution in [0.2, 0.25) is 5.02 Å². The number of hydrogen-bond donors (Lipinski definition) is 2. The van der Waals surface area contributed by atoms with E-state index in [1.54, 1.807) is 49.6 Å². The van der Waals surface area contributed by atoms with Gasteiger partial charge in [0.05, 0.1) is 16.6 Å². The molecule has 0 bridgehead atoms. The quantitative estimate of drug-likeness (QED) is 0.704. The summed E-state index contributed by atoms with van der Waals surface area (Å²) in [5, 5.41) is 6.05. The molecule has 0 aliphatic carbocycles. The molecule has 24 heavy (non-hydrogen) atoms. The maximum atomic E-state index is 11.9. The second-order valence-electron chi connectivity index (χ2n) is 4.57. The van der Waals surface area contributed by atoms with Crippen LogP contribution >= 0.6 is 39.7 Å². The molecule has 1 amide bonds. The zero-order chi connectivity index (χ0) is 17.5. The van der Waals surface area contributed by atoms with E-state index >= 15 is 0 Å². The summed E-state index contributed by atoms with van der Waals surface area (Å²) >= 11 is 14.4. The summed E-state index contributed by atoms with van der Waals surface area (Å²) in [6.07, 6.45) is 0. The summed E-state index contributed by atoms with van der Waals surface area (Å²) in [6.45, 7) is -0.197. The summed E-state index contributed by atoms with van der Waals surface area (Å²) in [6, 6.07) is 12.3. The van der Waals surface area contributed by atoms with Gasteiger partial charge in [0.15, 0.2) is 11.7 Å². The van der Waals surface area contributed by atoms with Crippen LogP contribution in [0.3, 0.4) is 0 Å². The summed E-state index contributed by atoms with van der Waals surface area (Å²) in [4.78, 5) is 11.9. The Balaban J connectivity index is 1.84. The maximum absolute atomic E-state index is 11.9. The zero-order valence-corrected chi connectivity index (χ0v) is 15.8. The SMILES string of the molecule is COc1ccc(NC(=S)NC(=O)COc2ccccc2Cl)cc1Br. The van der Waals surface area contributed by atoms with Crippen LogP contribution in [-0.2, 0) is 4.79 Å². The second-order valence-corrected chi connectivity index (χ2v) is 6.24. The minimum Gasteiger partial charge on any atom is -0.496 e. The maximum Gasteiger partial charge on any atom is 0.264 e. The van der Waals surface area contributed by atoms with Crippen molar-refractivity contribution in [3.8, 4) is 11.5 Å². The summed E-state index contributed by atoms with van der Waals surface area (Å²) in [5.41, 5.74) is 0.708. The first-order chi connectivity index (χ1) is 11.5. The molecule has 0 spiro atoms. The monoisotopic (exact) mass is 428 g/mol. The summed E-state index contributed by atoms with van der Waals surface area (Å²) in [7, 11) is 1.58. The van der Waals surface area contributed by atoms with Crippen LogP contribution in [0, 0.1) is 0 Å². The Labute approximate surface area is 158 Å². The van der Waals surface area contributed by atoms with Gasteiger partial charge in [0.1, 0.15) is 11.5 Å². The molecule has 2 aromatic rings. The van der Waals surface area contributed by atoms with Crippen LogP contribution in [0.1, 0.15) is 0 Å². The van der Waals surface area contributed by atoms with Gasteiger partial charge in [-0.2, -0.15) is 0 Å². The van der Waals surface area contributed by atoms with Crippen molar-refractivity contribution in [2.45, 2.75) is 0 Å². The lowest BCUT2D eigenvalue weighted by atomic mass is 10.3. The lowest BCUT2D eigenvalue weighted by Crippen LogP contribution is -2.37. The van der Waals surface area contributed by atoms with Crippen LogP contribution in [0.4, 0.5) is 5.69 Å². The molecule has 0 atom stereocenters. The lowest BCUT2D eigenvalue weighted by molar-refractivity contribution is -0.121. The smallest absolute Gasteiger partial charge is 0.264 e. The molecule has 0 radical (unpaired) electrons. The molecule has 0 heterocycles. The third-order valence-corrected chi connectivity index (χ3v) is 3.99. The Bertz CT molecular complexity index is 758. The highest BCUT2D eigenvalue weighted by Crippen LogP contribution is 2.27. The fourth-order valence-electron chi connectivity index (χ4n) is 1.77. The Morgan fingerprint density at radius 1 is 1.25 bits per heavy atom. The number of thiocarbonyl (C=S) groups is 1. The molecule has 2 rings (SSSR count). The van der Waals surface area contributed by atoms with Gasteiger partial charge in [-0.15, -0.1) is 0 Å². The minimum atomic E-state index is -0.389. The van der Waals surface area contributed by atoms with Crippen LogP contribution in [-0.4, -0.2) is 24.7 Å². The number of methoxy groups -OCH3 is 1. The fourth-order valence-corrected chi connectivity index (χ4v) is 2.74. The van der Waals surface area contributed by atoms with Crippen molar-refractivity contribution in [1.82, 2.24) is 5.32 Å². The molecule has 0 saturated carbocycles. The minimum absolute atomic E-state index is 0.167. The first kappa shape index (κ1) is 18.5. The van der Waals surface area contributed by atoms with Crippen molar-refractivity contribution < 1.29 is 14.3 Å². The number of hydrogen-bond acceptors (Lipinski definition) is 4. The topological polar surface area (TPSA) is 59.6 Å². The standard InChI is InChI=1S/C16H14BrClN2O3S/c1-22-13-7-6-10(8-11(13)17)19-16(24)20-15(21)9-23-14-5-3-2-4-12(14)18/h2-8H,9H2,1H3,(H2,19,20,21,24). The van der Waals surface area contributed by atoms with Crippen LogP contribution in [0.5, 0.6) is 11.5 Å². The number of nitrogens with one attached hydrogen (secondary N) is 2. The number of carbonyl (C=O) groups excluding carboxylic acids is 1. The number of amides is 1. The van der Waals surface area contributed by atoms with Gasteiger partial charge in [-0.05, 0) is 58.5 Å². The molecule has 5 nitrogen and oxygen atoms in total. The van der Waals surface area contributed by atoms with Crippen molar-refractivity contribution in [3.63, 3.8) is 0 Å². The van der Waals surface area contributed by atoms with Gasteiger partial charge in [-0.25, -0.2) is 0 Å². The lowest BCUT2D eigenvalue weighted by Gasteiger charge is -2.12. The predicted molar refractivity (Wildman–Crippen MR) is 102 cm³/mol. The van der Waals surface area contributed by atoms with E-state index in [0.717, 1.165) is 4.47 Å².